The summed E-state index contributed by atoms with van der Waals surface area (Å²) in [5, 5.41) is 3.30. The van der Waals surface area contributed by atoms with Crippen molar-refractivity contribution < 1.29 is 9.53 Å². The van der Waals surface area contributed by atoms with E-state index >= 15 is 0 Å². The lowest BCUT2D eigenvalue weighted by Crippen LogP contribution is -2.63. The second-order valence-electron chi connectivity index (χ2n) is 7.88. The minimum atomic E-state index is -0.268. The number of nitrogens with zero attached hydrogens (tertiary/aromatic N) is 2. The summed E-state index contributed by atoms with van der Waals surface area (Å²) in [6.07, 6.45) is 5.40. The van der Waals surface area contributed by atoms with Crippen LogP contribution >= 0.6 is 22.7 Å². The standard InChI is InChI=1S/C21H29N3O2S2/c1-3-16-7-8-17(28-16)12-24-10-11-26-21(13-24)9-5-4-6-18(21)23-20(25)19-15(2)22-14-27-19/h7-8,14,18H,3-6,9-13H2,1-2H3,(H,23,25). The minimum absolute atomic E-state index is 0.00200. The van der Waals surface area contributed by atoms with Crippen molar-refractivity contribution in [3.8, 4) is 0 Å². The molecule has 5 nitrogen and oxygen atoms in total. The third-order valence-electron chi connectivity index (χ3n) is 5.97. The van der Waals surface area contributed by atoms with Gasteiger partial charge in [-0.1, -0.05) is 19.8 Å². The molecule has 0 radical (unpaired) electrons. The van der Waals surface area contributed by atoms with Gasteiger partial charge in [-0.2, -0.15) is 0 Å². The van der Waals surface area contributed by atoms with Crippen LogP contribution in [-0.4, -0.2) is 47.1 Å². The van der Waals surface area contributed by atoms with E-state index in [2.05, 4.69) is 34.3 Å². The average molecular weight is 420 g/mol. The van der Waals surface area contributed by atoms with Crippen molar-refractivity contribution in [2.45, 2.75) is 64.1 Å². The Morgan fingerprint density at radius 1 is 1.39 bits per heavy atom. The summed E-state index contributed by atoms with van der Waals surface area (Å²) >= 11 is 3.33. The van der Waals surface area contributed by atoms with E-state index in [1.807, 2.05) is 18.3 Å². The van der Waals surface area contributed by atoms with Crippen molar-refractivity contribution in [3.63, 3.8) is 0 Å². The van der Waals surface area contributed by atoms with Gasteiger partial charge in [0.1, 0.15) is 10.5 Å². The summed E-state index contributed by atoms with van der Waals surface area (Å²) in [7, 11) is 0. The Labute approximate surface area is 175 Å². The monoisotopic (exact) mass is 419 g/mol. The van der Waals surface area contributed by atoms with E-state index in [-0.39, 0.29) is 17.6 Å². The molecule has 2 unspecified atom stereocenters. The number of rotatable bonds is 5. The van der Waals surface area contributed by atoms with Crippen LogP contribution in [0.15, 0.2) is 17.6 Å². The Morgan fingerprint density at radius 2 is 2.25 bits per heavy atom. The summed E-state index contributed by atoms with van der Waals surface area (Å²) in [5.41, 5.74) is 2.28. The van der Waals surface area contributed by atoms with E-state index in [0.29, 0.717) is 0 Å². The molecule has 4 rings (SSSR count). The van der Waals surface area contributed by atoms with E-state index in [1.165, 1.54) is 27.5 Å². The molecule has 0 bridgehead atoms. The fourth-order valence-corrected chi connectivity index (χ4v) is 6.16. The number of aromatic nitrogens is 1. The molecule has 1 N–H and O–H groups in total. The topological polar surface area (TPSA) is 54.5 Å². The lowest BCUT2D eigenvalue weighted by Gasteiger charge is -2.49. The number of morpholine rings is 1. The molecule has 2 aromatic heterocycles. The maximum atomic E-state index is 12.8. The number of nitrogens with one attached hydrogen (secondary N) is 1. The van der Waals surface area contributed by atoms with Crippen LogP contribution in [0.4, 0.5) is 0 Å². The molecule has 2 aliphatic rings. The van der Waals surface area contributed by atoms with Crippen LogP contribution in [0.5, 0.6) is 0 Å². The zero-order chi connectivity index (χ0) is 19.6. The highest BCUT2D eigenvalue weighted by Crippen LogP contribution is 2.36. The lowest BCUT2D eigenvalue weighted by molar-refractivity contribution is -0.142. The van der Waals surface area contributed by atoms with Gasteiger partial charge in [0.25, 0.3) is 5.91 Å². The molecule has 1 saturated heterocycles. The SMILES string of the molecule is CCc1ccc(CN2CCOC3(CCCCC3NC(=O)c3scnc3C)C2)s1. The van der Waals surface area contributed by atoms with Crippen molar-refractivity contribution in [1.29, 1.82) is 0 Å². The molecule has 1 saturated carbocycles. The molecule has 2 aromatic rings. The van der Waals surface area contributed by atoms with Crippen LogP contribution in [0.25, 0.3) is 0 Å². The summed E-state index contributed by atoms with van der Waals surface area (Å²) < 4.78 is 6.40. The first-order valence-corrected chi connectivity index (χ1v) is 11.9. The Balaban J connectivity index is 1.46. The van der Waals surface area contributed by atoms with E-state index in [0.717, 1.165) is 62.5 Å². The first-order valence-electron chi connectivity index (χ1n) is 10.2. The van der Waals surface area contributed by atoms with Crippen molar-refractivity contribution in [2.24, 2.45) is 0 Å². The molecule has 0 aromatic carbocycles. The number of aryl methyl sites for hydroxylation is 2. The van der Waals surface area contributed by atoms with Gasteiger partial charge >= 0.3 is 0 Å². The minimum Gasteiger partial charge on any atom is -0.370 e. The second kappa shape index (κ2) is 8.61. The molecule has 7 heteroatoms. The van der Waals surface area contributed by atoms with E-state index < -0.39 is 0 Å². The summed E-state index contributed by atoms with van der Waals surface area (Å²) in [5.74, 6) is -0.00200. The number of carbonyl (C=O) groups is 1. The summed E-state index contributed by atoms with van der Waals surface area (Å²) in [6, 6.07) is 4.57. The van der Waals surface area contributed by atoms with Crippen LogP contribution < -0.4 is 5.32 Å². The molecule has 152 valence electrons. The number of thiophene rings is 1. The van der Waals surface area contributed by atoms with Gasteiger partial charge in [0, 0.05) is 29.4 Å². The third kappa shape index (κ3) is 4.17. The number of ether oxygens (including phenoxy) is 1. The lowest BCUT2D eigenvalue weighted by atomic mass is 9.78. The maximum absolute atomic E-state index is 12.8. The fraction of sp³-hybridized carbons (Fsp3) is 0.619. The summed E-state index contributed by atoms with van der Waals surface area (Å²) in [6.45, 7) is 7.66. The van der Waals surface area contributed by atoms with Crippen molar-refractivity contribution >= 4 is 28.6 Å². The van der Waals surface area contributed by atoms with Crippen LogP contribution in [0.2, 0.25) is 0 Å². The van der Waals surface area contributed by atoms with Gasteiger partial charge in [0.15, 0.2) is 0 Å². The van der Waals surface area contributed by atoms with Gasteiger partial charge in [0.05, 0.1) is 23.9 Å². The van der Waals surface area contributed by atoms with Crippen molar-refractivity contribution in [1.82, 2.24) is 15.2 Å². The van der Waals surface area contributed by atoms with Crippen molar-refractivity contribution in [2.75, 3.05) is 19.7 Å². The van der Waals surface area contributed by atoms with Gasteiger partial charge < -0.3 is 10.1 Å². The zero-order valence-electron chi connectivity index (χ0n) is 16.7. The average Bonchev–Trinajstić information content (AvgIpc) is 3.32. The molecule has 3 heterocycles. The first-order chi connectivity index (χ1) is 13.6. The fourth-order valence-electron chi connectivity index (χ4n) is 4.45. The van der Waals surface area contributed by atoms with E-state index in [9.17, 15) is 4.79 Å². The van der Waals surface area contributed by atoms with E-state index in [4.69, 9.17) is 4.74 Å². The molecule has 2 atom stereocenters. The number of hydrogen-bond donors (Lipinski definition) is 1. The predicted octanol–water partition coefficient (Wildman–Crippen LogP) is 4.02. The highest BCUT2D eigenvalue weighted by molar-refractivity contribution is 7.12. The molecular formula is C21H29N3O2S2. The highest BCUT2D eigenvalue weighted by Gasteiger charge is 2.46. The zero-order valence-corrected chi connectivity index (χ0v) is 18.3. The van der Waals surface area contributed by atoms with Crippen LogP contribution in [0, 0.1) is 6.92 Å². The van der Waals surface area contributed by atoms with E-state index in [1.54, 1.807) is 5.51 Å². The molecule has 1 amide bonds. The molecule has 2 fully saturated rings. The van der Waals surface area contributed by atoms with Gasteiger partial charge in [-0.05, 0) is 38.3 Å². The van der Waals surface area contributed by atoms with Crippen LogP contribution in [0.3, 0.4) is 0 Å². The van der Waals surface area contributed by atoms with Crippen LogP contribution in [0.1, 0.15) is 57.7 Å². The number of amides is 1. The number of carbonyl (C=O) groups excluding carboxylic acids is 1. The highest BCUT2D eigenvalue weighted by atomic mass is 32.1. The third-order valence-corrected chi connectivity index (χ3v) is 8.11. The Hall–Kier alpha value is -1.28. The molecule has 1 aliphatic heterocycles. The summed E-state index contributed by atoms with van der Waals surface area (Å²) in [4.78, 5) is 23.1. The normalized spacial score (nSPS) is 25.9. The predicted molar refractivity (Wildman–Crippen MR) is 114 cm³/mol. The first kappa shape index (κ1) is 20.0. The van der Waals surface area contributed by atoms with Crippen molar-refractivity contribution in [3.05, 3.63) is 38.0 Å². The smallest absolute Gasteiger partial charge is 0.263 e. The van der Waals surface area contributed by atoms with Gasteiger partial charge in [-0.3, -0.25) is 9.69 Å². The van der Waals surface area contributed by atoms with Gasteiger partial charge in [0.2, 0.25) is 0 Å². The number of hydrogen-bond acceptors (Lipinski definition) is 6. The second-order valence-corrected chi connectivity index (χ2v) is 9.99. The Bertz CT molecular complexity index is 814. The molecule has 28 heavy (non-hydrogen) atoms. The van der Waals surface area contributed by atoms with Crippen LogP contribution in [-0.2, 0) is 17.7 Å². The van der Waals surface area contributed by atoms with Gasteiger partial charge in [-0.15, -0.1) is 22.7 Å². The maximum Gasteiger partial charge on any atom is 0.263 e. The molecular weight excluding hydrogens is 390 g/mol. The Morgan fingerprint density at radius 3 is 3.00 bits per heavy atom. The largest absolute Gasteiger partial charge is 0.370 e. The quantitative estimate of drug-likeness (QED) is 0.795. The molecule has 1 aliphatic carbocycles. The van der Waals surface area contributed by atoms with Gasteiger partial charge in [-0.25, -0.2) is 4.98 Å². The number of thiazole rings is 1. The molecule has 1 spiro atoms. The Kier molecular flexibility index (Phi) is 6.16.